The number of aryl methyl sites for hydroxylation is 1. The van der Waals surface area contributed by atoms with Gasteiger partial charge in [0.25, 0.3) is 0 Å². The van der Waals surface area contributed by atoms with E-state index >= 15 is 0 Å². The Balaban J connectivity index is 2.51. The van der Waals surface area contributed by atoms with E-state index in [0.29, 0.717) is 0 Å². The summed E-state index contributed by atoms with van der Waals surface area (Å²) in [5.74, 6) is 2.21. The van der Waals surface area contributed by atoms with Gasteiger partial charge in [-0.05, 0) is 0 Å². The van der Waals surface area contributed by atoms with Crippen LogP contribution in [0.1, 0.15) is 17.0 Å². The fraction of sp³-hybridized carbons (Fsp3) is 0.500. The molecule has 2 heterocycles. The number of hydrogen-bond acceptors (Lipinski definition) is 3. The number of aromatic nitrogens is 2. The molecule has 2 rings (SSSR count). The molecule has 0 unspecified atom stereocenters. The normalized spacial score (nSPS) is 15.2. The van der Waals surface area contributed by atoms with E-state index in [1.165, 1.54) is 17.0 Å². The average molecular weight is 293 g/mol. The van der Waals surface area contributed by atoms with Gasteiger partial charge in [0.1, 0.15) is 0 Å². The molecule has 1 aromatic rings. The molecule has 0 bridgehead atoms. The molecule has 0 aliphatic carbocycles. The van der Waals surface area contributed by atoms with Gasteiger partial charge in [0.2, 0.25) is 0 Å². The third kappa shape index (κ3) is 1.46. The Hall–Kier alpha value is 0.160. The number of fused-ring (bicyclic) bond motifs is 1. The first-order valence-corrected chi connectivity index (χ1v) is 8.14. The van der Waals surface area contributed by atoms with Crippen molar-refractivity contribution in [2.75, 3.05) is 4.93 Å². The van der Waals surface area contributed by atoms with Crippen LogP contribution in [0.4, 0.5) is 0 Å². The molecule has 0 amide bonds. The van der Waals surface area contributed by atoms with Gasteiger partial charge >= 0.3 is 87.1 Å². The van der Waals surface area contributed by atoms with E-state index in [4.69, 9.17) is 0 Å². The molecule has 2 nitrogen and oxygen atoms in total. The van der Waals surface area contributed by atoms with E-state index in [9.17, 15) is 0 Å². The van der Waals surface area contributed by atoms with Crippen molar-refractivity contribution in [2.45, 2.75) is 18.4 Å². The van der Waals surface area contributed by atoms with Crippen molar-refractivity contribution in [3.8, 4) is 0 Å². The van der Waals surface area contributed by atoms with Crippen LogP contribution in [-0.2, 0) is 11.5 Å². The van der Waals surface area contributed by atoms with E-state index in [1.807, 2.05) is 11.8 Å². The monoisotopic (exact) mass is 293 g/mol. The summed E-state index contributed by atoms with van der Waals surface area (Å²) in [5, 5.41) is 0. The maximum atomic E-state index is 4.55. The van der Waals surface area contributed by atoms with Crippen molar-refractivity contribution in [1.82, 2.24) is 9.97 Å². The molecule has 0 radical (unpaired) electrons. The maximum absolute atomic E-state index is 4.55. The fourth-order valence-corrected chi connectivity index (χ4v) is 3.51. The van der Waals surface area contributed by atoms with Gasteiger partial charge in [0.05, 0.1) is 0 Å². The standard InChI is InChI=1S/C8H10IN2S/c1-5-6-3-12-4-7(6)11-8(9-2)10-5/h3-4H2,1-2H3/q-1. The van der Waals surface area contributed by atoms with E-state index in [1.54, 1.807) is 0 Å². The molecule has 66 valence electrons. The van der Waals surface area contributed by atoms with Crippen LogP contribution in [0.3, 0.4) is 0 Å². The predicted molar refractivity (Wildman–Crippen MR) is 46.4 cm³/mol. The van der Waals surface area contributed by atoms with Crippen molar-refractivity contribution in [1.29, 1.82) is 0 Å². The van der Waals surface area contributed by atoms with Gasteiger partial charge in [-0.15, -0.1) is 0 Å². The second-order valence-corrected chi connectivity index (χ2v) is 5.71. The van der Waals surface area contributed by atoms with E-state index in [0.717, 1.165) is 15.3 Å². The first-order chi connectivity index (χ1) is 5.81. The average Bonchev–Trinajstić information content (AvgIpc) is 2.52. The first kappa shape index (κ1) is 8.74. The minimum atomic E-state index is 0.0532. The molecule has 0 spiro atoms. The molecular weight excluding hydrogens is 283 g/mol. The van der Waals surface area contributed by atoms with Crippen LogP contribution in [0, 0.1) is 10.8 Å². The molecule has 0 saturated heterocycles. The number of rotatable bonds is 1. The van der Waals surface area contributed by atoms with Gasteiger partial charge in [0.15, 0.2) is 0 Å². The van der Waals surface area contributed by atoms with Gasteiger partial charge in [-0.2, -0.15) is 0 Å². The van der Waals surface area contributed by atoms with Crippen LogP contribution in [-0.4, -0.2) is 14.9 Å². The van der Waals surface area contributed by atoms with Crippen molar-refractivity contribution in [3.05, 3.63) is 20.8 Å². The van der Waals surface area contributed by atoms with Gasteiger partial charge in [-0.1, -0.05) is 0 Å². The Bertz CT molecular complexity index is 314. The summed E-state index contributed by atoms with van der Waals surface area (Å²) in [6, 6.07) is 0. The molecule has 4 heteroatoms. The summed E-state index contributed by atoms with van der Waals surface area (Å²) >= 11 is 2.00. The minimum absolute atomic E-state index is 0.0532. The quantitative estimate of drug-likeness (QED) is 0.355. The first-order valence-electron chi connectivity index (χ1n) is 3.75. The van der Waals surface area contributed by atoms with Crippen LogP contribution in [0.2, 0.25) is 0 Å². The van der Waals surface area contributed by atoms with Crippen LogP contribution < -0.4 is 21.2 Å². The molecule has 1 aliphatic rings. The number of alkyl halides is 1. The van der Waals surface area contributed by atoms with Gasteiger partial charge in [0, 0.05) is 0 Å². The number of thioether (sulfide) groups is 1. The third-order valence-corrected chi connectivity index (χ3v) is 4.34. The van der Waals surface area contributed by atoms with Crippen LogP contribution in [0.15, 0.2) is 0 Å². The van der Waals surface area contributed by atoms with Crippen LogP contribution in [0.25, 0.3) is 0 Å². The zero-order valence-electron chi connectivity index (χ0n) is 7.09. The topological polar surface area (TPSA) is 25.8 Å². The summed E-state index contributed by atoms with van der Waals surface area (Å²) in [7, 11) is 0. The van der Waals surface area contributed by atoms with Gasteiger partial charge in [-0.3, -0.25) is 0 Å². The van der Waals surface area contributed by atoms with Crippen molar-refractivity contribution >= 4 is 11.8 Å². The predicted octanol–water partition coefficient (Wildman–Crippen LogP) is -1.58. The molecule has 0 N–H and O–H groups in total. The second kappa shape index (κ2) is 3.49. The summed E-state index contributed by atoms with van der Waals surface area (Å²) in [6.07, 6.45) is 0. The van der Waals surface area contributed by atoms with Crippen molar-refractivity contribution < 1.29 is 21.2 Å². The Kier molecular flexibility index (Phi) is 2.55. The molecule has 12 heavy (non-hydrogen) atoms. The molecule has 1 aromatic heterocycles. The molecule has 0 saturated carbocycles. The van der Waals surface area contributed by atoms with E-state index in [-0.39, 0.29) is 21.2 Å². The Morgan fingerprint density at radius 3 is 2.92 bits per heavy atom. The fourth-order valence-electron chi connectivity index (χ4n) is 1.26. The Morgan fingerprint density at radius 1 is 1.33 bits per heavy atom. The summed E-state index contributed by atoms with van der Waals surface area (Å²) in [5.41, 5.74) is 3.90. The zero-order chi connectivity index (χ0) is 8.55. The summed E-state index contributed by atoms with van der Waals surface area (Å²) in [4.78, 5) is 11.2. The van der Waals surface area contributed by atoms with Crippen LogP contribution in [0.5, 0.6) is 0 Å². The number of hydrogen-bond donors (Lipinski definition) is 0. The molecular formula is C8H10IN2S-. The van der Waals surface area contributed by atoms with Crippen molar-refractivity contribution in [2.24, 2.45) is 0 Å². The third-order valence-electron chi connectivity index (χ3n) is 1.93. The van der Waals surface area contributed by atoms with Crippen molar-refractivity contribution in [3.63, 3.8) is 0 Å². The van der Waals surface area contributed by atoms with E-state index in [2.05, 4.69) is 21.8 Å². The number of halogens is 1. The molecule has 0 atom stereocenters. The molecule has 1 aliphatic heterocycles. The molecule has 0 fully saturated rings. The SMILES string of the molecule is C[I-]c1nc(C)c2c(n1)CSC2. The zero-order valence-corrected chi connectivity index (χ0v) is 10.1. The number of nitrogens with zero attached hydrogens (tertiary/aromatic N) is 2. The van der Waals surface area contributed by atoms with E-state index < -0.39 is 0 Å². The second-order valence-electron chi connectivity index (χ2n) is 2.69. The van der Waals surface area contributed by atoms with Gasteiger partial charge < -0.3 is 0 Å². The Morgan fingerprint density at radius 2 is 2.17 bits per heavy atom. The summed E-state index contributed by atoms with van der Waals surface area (Å²) < 4.78 is 1.10. The molecule has 0 aromatic carbocycles. The van der Waals surface area contributed by atoms with Crippen LogP contribution >= 0.6 is 11.8 Å². The summed E-state index contributed by atoms with van der Waals surface area (Å²) in [6.45, 7) is 2.11. The Labute approximate surface area is 86.8 Å². The van der Waals surface area contributed by atoms with Gasteiger partial charge in [-0.25, -0.2) is 0 Å².